The molecule has 0 aliphatic carbocycles. The van der Waals surface area contributed by atoms with Crippen LogP contribution in [0.3, 0.4) is 0 Å². The van der Waals surface area contributed by atoms with Crippen LogP contribution in [0, 0.1) is 0 Å². The monoisotopic (exact) mass is 253 g/mol. The fourth-order valence-corrected chi connectivity index (χ4v) is 2.41. The lowest BCUT2D eigenvalue weighted by molar-refractivity contribution is 0.636. The average molecular weight is 253 g/mol. The molecule has 2 aromatic rings. The number of para-hydroxylation sites is 1. The molecule has 0 bridgehead atoms. The summed E-state index contributed by atoms with van der Waals surface area (Å²) in [7, 11) is 0. The van der Waals surface area contributed by atoms with E-state index < -0.39 is 0 Å². The predicted octanol–water partition coefficient (Wildman–Crippen LogP) is 5.05. The summed E-state index contributed by atoms with van der Waals surface area (Å²) in [5.41, 5.74) is 2.69. The van der Waals surface area contributed by atoms with Crippen LogP contribution in [-0.4, -0.2) is 6.54 Å². The first-order valence-electron chi connectivity index (χ1n) is 7.19. The minimum atomic E-state index is 0.412. The van der Waals surface area contributed by atoms with E-state index in [1.54, 1.807) is 0 Å². The Hall–Kier alpha value is -1.76. The molecule has 1 heteroatoms. The summed E-state index contributed by atoms with van der Waals surface area (Å²) in [5, 5.41) is 0. The SMILES string of the molecule is CCCCN(c1ccccc1)C(C)c1ccccc1. The number of nitrogens with zero attached hydrogens (tertiary/aromatic N) is 1. The van der Waals surface area contributed by atoms with Crippen molar-refractivity contribution in [2.24, 2.45) is 0 Å². The van der Waals surface area contributed by atoms with Crippen LogP contribution in [0.5, 0.6) is 0 Å². The first-order chi connectivity index (χ1) is 9.33. The molecule has 1 atom stereocenters. The average Bonchev–Trinajstić information content (AvgIpc) is 2.49. The highest BCUT2D eigenvalue weighted by Crippen LogP contribution is 2.26. The van der Waals surface area contributed by atoms with Crippen molar-refractivity contribution in [1.82, 2.24) is 0 Å². The Morgan fingerprint density at radius 2 is 1.47 bits per heavy atom. The quantitative estimate of drug-likeness (QED) is 0.696. The molecule has 0 aliphatic rings. The molecule has 1 unspecified atom stereocenters. The molecule has 0 fully saturated rings. The molecule has 0 aromatic heterocycles. The number of rotatable bonds is 6. The van der Waals surface area contributed by atoms with Crippen molar-refractivity contribution < 1.29 is 0 Å². The van der Waals surface area contributed by atoms with Crippen molar-refractivity contribution in [3.8, 4) is 0 Å². The van der Waals surface area contributed by atoms with Crippen molar-refractivity contribution in [1.29, 1.82) is 0 Å². The fourth-order valence-electron chi connectivity index (χ4n) is 2.41. The van der Waals surface area contributed by atoms with Gasteiger partial charge in [0.1, 0.15) is 0 Å². The van der Waals surface area contributed by atoms with Crippen LogP contribution in [0.4, 0.5) is 5.69 Å². The van der Waals surface area contributed by atoms with Gasteiger partial charge in [-0.25, -0.2) is 0 Å². The van der Waals surface area contributed by atoms with E-state index >= 15 is 0 Å². The molecule has 100 valence electrons. The molecule has 19 heavy (non-hydrogen) atoms. The summed E-state index contributed by atoms with van der Waals surface area (Å²) in [6, 6.07) is 21.9. The normalized spacial score (nSPS) is 12.1. The van der Waals surface area contributed by atoms with Gasteiger partial charge in [-0.3, -0.25) is 0 Å². The van der Waals surface area contributed by atoms with Gasteiger partial charge in [-0.15, -0.1) is 0 Å². The van der Waals surface area contributed by atoms with E-state index in [0.29, 0.717) is 6.04 Å². The first-order valence-corrected chi connectivity index (χ1v) is 7.19. The largest absolute Gasteiger partial charge is 0.365 e. The van der Waals surface area contributed by atoms with Crippen molar-refractivity contribution in [2.75, 3.05) is 11.4 Å². The zero-order chi connectivity index (χ0) is 13.5. The lowest BCUT2D eigenvalue weighted by atomic mass is 10.1. The Morgan fingerprint density at radius 1 is 0.895 bits per heavy atom. The van der Waals surface area contributed by atoms with Crippen LogP contribution in [0.25, 0.3) is 0 Å². The van der Waals surface area contributed by atoms with Crippen LogP contribution in [0.2, 0.25) is 0 Å². The van der Waals surface area contributed by atoms with E-state index in [0.717, 1.165) is 6.54 Å². The number of benzene rings is 2. The van der Waals surface area contributed by atoms with Gasteiger partial charge in [0.05, 0.1) is 6.04 Å². The standard InChI is InChI=1S/C18H23N/c1-3-4-15-19(18-13-9-6-10-14-18)16(2)17-11-7-5-8-12-17/h5-14,16H,3-4,15H2,1-2H3. The Kier molecular flexibility index (Phi) is 5.02. The molecule has 0 spiro atoms. The maximum absolute atomic E-state index is 2.50. The van der Waals surface area contributed by atoms with Crippen molar-refractivity contribution in [3.05, 3.63) is 66.2 Å². The van der Waals surface area contributed by atoms with E-state index in [4.69, 9.17) is 0 Å². The summed E-state index contributed by atoms with van der Waals surface area (Å²) < 4.78 is 0. The molecule has 0 saturated carbocycles. The van der Waals surface area contributed by atoms with Gasteiger partial charge >= 0.3 is 0 Å². The zero-order valence-electron chi connectivity index (χ0n) is 11.9. The Bertz CT molecular complexity index is 464. The third kappa shape index (κ3) is 3.60. The lowest BCUT2D eigenvalue weighted by Gasteiger charge is -2.31. The second-order valence-corrected chi connectivity index (χ2v) is 4.97. The fraction of sp³-hybridized carbons (Fsp3) is 0.333. The third-order valence-corrected chi connectivity index (χ3v) is 3.59. The number of hydrogen-bond donors (Lipinski definition) is 0. The topological polar surface area (TPSA) is 3.24 Å². The van der Waals surface area contributed by atoms with Crippen LogP contribution in [0.15, 0.2) is 60.7 Å². The molecule has 0 N–H and O–H groups in total. The summed E-state index contributed by atoms with van der Waals surface area (Å²) in [5.74, 6) is 0. The highest BCUT2D eigenvalue weighted by molar-refractivity contribution is 5.48. The van der Waals surface area contributed by atoms with E-state index in [1.165, 1.54) is 24.1 Å². The summed E-state index contributed by atoms with van der Waals surface area (Å²) in [6.07, 6.45) is 2.46. The van der Waals surface area contributed by atoms with Crippen molar-refractivity contribution >= 4 is 5.69 Å². The predicted molar refractivity (Wildman–Crippen MR) is 83.6 cm³/mol. The van der Waals surface area contributed by atoms with E-state index in [1.807, 2.05) is 0 Å². The Morgan fingerprint density at radius 3 is 2.05 bits per heavy atom. The minimum absolute atomic E-state index is 0.412. The van der Waals surface area contributed by atoms with Gasteiger partial charge in [0, 0.05) is 12.2 Å². The molecule has 0 aliphatic heterocycles. The smallest absolute Gasteiger partial charge is 0.0514 e. The maximum atomic E-state index is 2.50. The highest BCUT2D eigenvalue weighted by Gasteiger charge is 2.15. The van der Waals surface area contributed by atoms with Gasteiger partial charge in [0.2, 0.25) is 0 Å². The summed E-state index contributed by atoms with van der Waals surface area (Å²) in [4.78, 5) is 2.50. The van der Waals surface area contributed by atoms with Crippen LogP contribution in [0.1, 0.15) is 38.3 Å². The number of unbranched alkanes of at least 4 members (excludes halogenated alkanes) is 1. The van der Waals surface area contributed by atoms with E-state index in [-0.39, 0.29) is 0 Å². The third-order valence-electron chi connectivity index (χ3n) is 3.59. The second-order valence-electron chi connectivity index (χ2n) is 4.97. The van der Waals surface area contributed by atoms with E-state index in [9.17, 15) is 0 Å². The minimum Gasteiger partial charge on any atom is -0.365 e. The van der Waals surface area contributed by atoms with E-state index in [2.05, 4.69) is 79.4 Å². The van der Waals surface area contributed by atoms with Gasteiger partial charge in [-0.05, 0) is 31.0 Å². The molecule has 0 saturated heterocycles. The number of anilines is 1. The molecule has 2 aromatic carbocycles. The molecule has 2 rings (SSSR count). The molecular formula is C18H23N. The molecular weight excluding hydrogens is 230 g/mol. The first kappa shape index (κ1) is 13.7. The second kappa shape index (κ2) is 6.98. The summed E-state index contributed by atoms with van der Waals surface area (Å²) in [6.45, 7) is 5.64. The van der Waals surface area contributed by atoms with Crippen LogP contribution in [-0.2, 0) is 0 Å². The molecule has 0 heterocycles. The lowest BCUT2D eigenvalue weighted by Crippen LogP contribution is -2.27. The Balaban J connectivity index is 2.22. The van der Waals surface area contributed by atoms with Gasteiger partial charge in [-0.2, -0.15) is 0 Å². The molecule has 0 amide bonds. The van der Waals surface area contributed by atoms with Gasteiger partial charge in [0.15, 0.2) is 0 Å². The zero-order valence-corrected chi connectivity index (χ0v) is 11.9. The van der Waals surface area contributed by atoms with Gasteiger partial charge in [0.25, 0.3) is 0 Å². The summed E-state index contributed by atoms with van der Waals surface area (Å²) >= 11 is 0. The van der Waals surface area contributed by atoms with Crippen LogP contribution >= 0.6 is 0 Å². The highest BCUT2D eigenvalue weighted by atomic mass is 15.2. The van der Waals surface area contributed by atoms with Crippen molar-refractivity contribution in [3.63, 3.8) is 0 Å². The Labute approximate surface area is 116 Å². The molecule has 1 nitrogen and oxygen atoms in total. The maximum Gasteiger partial charge on any atom is 0.0514 e. The van der Waals surface area contributed by atoms with Crippen LogP contribution < -0.4 is 4.90 Å². The number of hydrogen-bond acceptors (Lipinski definition) is 1. The van der Waals surface area contributed by atoms with Crippen molar-refractivity contribution in [2.45, 2.75) is 32.7 Å². The van der Waals surface area contributed by atoms with Gasteiger partial charge in [-0.1, -0.05) is 61.9 Å². The molecule has 0 radical (unpaired) electrons. The van der Waals surface area contributed by atoms with Gasteiger partial charge < -0.3 is 4.90 Å².